The predicted molar refractivity (Wildman–Crippen MR) is 98.9 cm³/mol. The number of unbranched alkanes of at least 4 members (excludes halogenated alkanes) is 2. The molecule has 0 bridgehead atoms. The van der Waals surface area contributed by atoms with Crippen LogP contribution in [0.4, 0.5) is 0 Å². The third-order valence-electron chi connectivity index (χ3n) is 4.53. The minimum Gasteiger partial charge on any atom is -0.508 e. The molecule has 1 heterocycles. The molecule has 1 aromatic carbocycles. The van der Waals surface area contributed by atoms with E-state index in [0.717, 1.165) is 58.1 Å². The summed E-state index contributed by atoms with van der Waals surface area (Å²) in [6.45, 7) is 11.8. The molecule has 0 spiro atoms. The number of phenols is 1. The van der Waals surface area contributed by atoms with Crippen LogP contribution >= 0.6 is 0 Å². The van der Waals surface area contributed by atoms with Gasteiger partial charge in [0.05, 0.1) is 0 Å². The lowest BCUT2D eigenvalue weighted by Crippen LogP contribution is -2.46. The Labute approximate surface area is 146 Å². The van der Waals surface area contributed by atoms with Gasteiger partial charge in [0, 0.05) is 45.8 Å². The Morgan fingerprint density at radius 1 is 1.08 bits per heavy atom. The van der Waals surface area contributed by atoms with Crippen molar-refractivity contribution in [3.05, 3.63) is 24.3 Å². The number of nitrogens with zero attached hydrogens (tertiary/aromatic N) is 2. The molecule has 0 unspecified atom stereocenters. The van der Waals surface area contributed by atoms with Crippen LogP contribution in [0.15, 0.2) is 24.3 Å². The molecule has 0 aliphatic carbocycles. The van der Waals surface area contributed by atoms with E-state index >= 15 is 0 Å². The van der Waals surface area contributed by atoms with Gasteiger partial charge in [-0.3, -0.25) is 9.80 Å². The summed E-state index contributed by atoms with van der Waals surface area (Å²) in [5.41, 5.74) is 0. The molecule has 1 aromatic rings. The summed E-state index contributed by atoms with van der Waals surface area (Å²) in [5, 5.41) is 12.7. The summed E-state index contributed by atoms with van der Waals surface area (Å²) < 4.78 is 5.81. The van der Waals surface area contributed by atoms with Gasteiger partial charge in [0.2, 0.25) is 0 Å². The number of piperazine rings is 1. The van der Waals surface area contributed by atoms with E-state index in [0.29, 0.717) is 6.61 Å². The summed E-state index contributed by atoms with van der Waals surface area (Å²) in [5.74, 6) is 1.10. The topological polar surface area (TPSA) is 48.0 Å². The average molecular weight is 335 g/mol. The van der Waals surface area contributed by atoms with Gasteiger partial charge in [-0.1, -0.05) is 19.8 Å². The first-order valence-electron chi connectivity index (χ1n) is 9.35. The van der Waals surface area contributed by atoms with E-state index in [4.69, 9.17) is 4.74 Å². The Morgan fingerprint density at radius 3 is 2.54 bits per heavy atom. The first-order valence-corrected chi connectivity index (χ1v) is 9.35. The van der Waals surface area contributed by atoms with Gasteiger partial charge in [-0.2, -0.15) is 0 Å². The van der Waals surface area contributed by atoms with Crippen molar-refractivity contribution in [1.29, 1.82) is 0 Å². The number of benzene rings is 1. The number of ether oxygens (including phenoxy) is 1. The van der Waals surface area contributed by atoms with Crippen LogP contribution in [-0.4, -0.2) is 73.9 Å². The van der Waals surface area contributed by atoms with Crippen molar-refractivity contribution in [3.8, 4) is 11.5 Å². The second kappa shape index (κ2) is 11.3. The molecule has 0 atom stereocenters. The molecule has 2 rings (SSSR count). The number of phenolic OH excluding ortho intramolecular Hbond substituents is 1. The van der Waals surface area contributed by atoms with Crippen LogP contribution in [0.5, 0.6) is 11.5 Å². The van der Waals surface area contributed by atoms with E-state index in [1.54, 1.807) is 12.1 Å². The minimum atomic E-state index is 0.277. The molecule has 2 N–H and O–H groups in total. The highest BCUT2D eigenvalue weighted by Gasteiger charge is 2.12. The summed E-state index contributed by atoms with van der Waals surface area (Å²) in [6.07, 6.45) is 3.82. The third kappa shape index (κ3) is 7.51. The summed E-state index contributed by atoms with van der Waals surface area (Å²) in [6, 6.07) is 6.96. The number of hydrogen-bond acceptors (Lipinski definition) is 5. The lowest BCUT2D eigenvalue weighted by atomic mass is 10.2. The van der Waals surface area contributed by atoms with Gasteiger partial charge in [0.25, 0.3) is 0 Å². The molecule has 0 amide bonds. The van der Waals surface area contributed by atoms with Crippen LogP contribution in [0.3, 0.4) is 0 Å². The molecular formula is C19H33N3O2. The highest BCUT2D eigenvalue weighted by molar-refractivity contribution is 5.29. The average Bonchev–Trinajstić information content (AvgIpc) is 2.62. The lowest BCUT2D eigenvalue weighted by molar-refractivity contribution is 0.165. The summed E-state index contributed by atoms with van der Waals surface area (Å²) >= 11 is 0. The van der Waals surface area contributed by atoms with E-state index in [2.05, 4.69) is 22.0 Å². The highest BCUT2D eigenvalue weighted by Crippen LogP contribution is 2.15. The largest absolute Gasteiger partial charge is 0.508 e. The molecule has 5 nitrogen and oxygen atoms in total. The van der Waals surface area contributed by atoms with Crippen molar-refractivity contribution in [1.82, 2.24) is 15.1 Å². The Balaban J connectivity index is 1.70. The van der Waals surface area contributed by atoms with Gasteiger partial charge in [-0.25, -0.2) is 0 Å². The fraction of sp³-hybridized carbons (Fsp3) is 0.684. The van der Waals surface area contributed by atoms with Crippen LogP contribution < -0.4 is 10.1 Å². The number of nitrogens with one attached hydrogen (secondary N) is 1. The smallest absolute Gasteiger partial charge is 0.119 e. The van der Waals surface area contributed by atoms with Gasteiger partial charge >= 0.3 is 0 Å². The van der Waals surface area contributed by atoms with E-state index in [-0.39, 0.29) is 5.75 Å². The van der Waals surface area contributed by atoms with Crippen LogP contribution in [-0.2, 0) is 0 Å². The Kier molecular flexibility index (Phi) is 8.95. The van der Waals surface area contributed by atoms with Crippen molar-refractivity contribution in [2.75, 3.05) is 59.0 Å². The van der Waals surface area contributed by atoms with E-state index in [9.17, 15) is 5.11 Å². The second-order valence-electron chi connectivity index (χ2n) is 6.48. The first-order chi connectivity index (χ1) is 11.8. The quantitative estimate of drug-likeness (QED) is 0.607. The predicted octanol–water partition coefficient (Wildman–Crippen LogP) is 2.17. The van der Waals surface area contributed by atoms with Crippen LogP contribution in [0, 0.1) is 0 Å². The normalized spacial score (nSPS) is 15.8. The van der Waals surface area contributed by atoms with Crippen molar-refractivity contribution < 1.29 is 9.84 Å². The monoisotopic (exact) mass is 335 g/mol. The SMILES string of the molecule is CCCCCN(CCOc1ccc(O)cc1)CCN1CCNCC1. The van der Waals surface area contributed by atoms with Gasteiger partial charge in [0.1, 0.15) is 18.1 Å². The molecular weight excluding hydrogens is 302 g/mol. The van der Waals surface area contributed by atoms with E-state index in [1.165, 1.54) is 19.3 Å². The lowest BCUT2D eigenvalue weighted by Gasteiger charge is -2.30. The molecule has 5 heteroatoms. The Bertz CT molecular complexity index is 433. The van der Waals surface area contributed by atoms with Gasteiger partial charge in [-0.15, -0.1) is 0 Å². The molecule has 0 radical (unpaired) electrons. The van der Waals surface area contributed by atoms with Crippen LogP contribution in [0.25, 0.3) is 0 Å². The maximum Gasteiger partial charge on any atom is 0.119 e. The molecule has 136 valence electrons. The van der Waals surface area contributed by atoms with Gasteiger partial charge in [0.15, 0.2) is 0 Å². The maximum absolute atomic E-state index is 9.31. The molecule has 24 heavy (non-hydrogen) atoms. The molecule has 1 aliphatic heterocycles. The molecule has 1 aliphatic rings. The minimum absolute atomic E-state index is 0.277. The summed E-state index contributed by atoms with van der Waals surface area (Å²) in [4.78, 5) is 5.07. The second-order valence-corrected chi connectivity index (χ2v) is 6.48. The highest BCUT2D eigenvalue weighted by atomic mass is 16.5. The van der Waals surface area contributed by atoms with Crippen molar-refractivity contribution >= 4 is 0 Å². The fourth-order valence-corrected chi connectivity index (χ4v) is 2.97. The number of aromatic hydroxyl groups is 1. The Hall–Kier alpha value is -1.30. The van der Waals surface area contributed by atoms with E-state index < -0.39 is 0 Å². The number of hydrogen-bond donors (Lipinski definition) is 2. The van der Waals surface area contributed by atoms with Crippen molar-refractivity contribution in [2.45, 2.75) is 26.2 Å². The van der Waals surface area contributed by atoms with Crippen LogP contribution in [0.1, 0.15) is 26.2 Å². The standard InChI is InChI=1S/C19H33N3O2/c1-2-3-4-11-21(14-15-22-12-9-20-10-13-22)16-17-24-19-7-5-18(23)6-8-19/h5-8,20,23H,2-4,9-17H2,1H3. The first kappa shape index (κ1) is 19.0. The fourth-order valence-electron chi connectivity index (χ4n) is 2.97. The maximum atomic E-state index is 9.31. The number of rotatable bonds is 11. The van der Waals surface area contributed by atoms with Gasteiger partial charge in [-0.05, 0) is 37.2 Å². The Morgan fingerprint density at radius 2 is 1.83 bits per heavy atom. The van der Waals surface area contributed by atoms with E-state index in [1.807, 2.05) is 12.1 Å². The van der Waals surface area contributed by atoms with Crippen molar-refractivity contribution in [3.63, 3.8) is 0 Å². The van der Waals surface area contributed by atoms with Gasteiger partial charge < -0.3 is 15.2 Å². The zero-order valence-electron chi connectivity index (χ0n) is 15.0. The molecule has 0 aromatic heterocycles. The molecule has 1 fully saturated rings. The third-order valence-corrected chi connectivity index (χ3v) is 4.53. The van der Waals surface area contributed by atoms with Crippen molar-refractivity contribution in [2.24, 2.45) is 0 Å². The zero-order chi connectivity index (χ0) is 17.0. The molecule has 0 saturated carbocycles. The zero-order valence-corrected chi connectivity index (χ0v) is 15.0. The molecule has 1 saturated heterocycles. The summed E-state index contributed by atoms with van der Waals surface area (Å²) in [7, 11) is 0. The van der Waals surface area contributed by atoms with Crippen LogP contribution in [0.2, 0.25) is 0 Å².